The van der Waals surface area contributed by atoms with Crippen LogP contribution in [-0.4, -0.2) is 104 Å². The van der Waals surface area contributed by atoms with Crippen LogP contribution in [0.25, 0.3) is 0 Å². The minimum Gasteiger partial charge on any atom is -0.455 e. The Labute approximate surface area is 326 Å². The van der Waals surface area contributed by atoms with E-state index in [1.165, 1.54) is 20.8 Å². The quantitative estimate of drug-likeness (QED) is 0.119. The average molecular weight is 777 g/mol. The van der Waals surface area contributed by atoms with E-state index < -0.39 is 112 Å². The summed E-state index contributed by atoms with van der Waals surface area (Å²) in [6.45, 7) is 10.2. The number of Topliss-reactive ketones (excluding diaryl/α,β-unsaturated/α-hetero) is 2. The Balaban J connectivity index is 1.53. The third kappa shape index (κ3) is 6.51. The summed E-state index contributed by atoms with van der Waals surface area (Å²) < 4.78 is 23.6. The molecule has 2 aromatic rings. The van der Waals surface area contributed by atoms with Gasteiger partial charge in [-0.05, 0) is 37.5 Å². The lowest BCUT2D eigenvalue weighted by molar-refractivity contribution is -0.339. The first kappa shape index (κ1) is 41.4. The van der Waals surface area contributed by atoms with Crippen molar-refractivity contribution >= 4 is 29.5 Å². The molecule has 13 nitrogen and oxygen atoms in total. The van der Waals surface area contributed by atoms with Gasteiger partial charge in [0.1, 0.15) is 24.4 Å². The van der Waals surface area contributed by atoms with E-state index in [4.69, 9.17) is 18.9 Å². The highest BCUT2D eigenvalue weighted by Gasteiger charge is 2.76. The van der Waals surface area contributed by atoms with Crippen LogP contribution in [-0.2, 0) is 38.1 Å². The fourth-order valence-electron chi connectivity index (χ4n) is 10.1. The van der Waals surface area contributed by atoms with E-state index in [0.29, 0.717) is 11.1 Å². The van der Waals surface area contributed by atoms with Gasteiger partial charge in [0.25, 0.3) is 0 Å². The second kappa shape index (κ2) is 14.9. The number of aliphatic hydroxyl groups is 4. The highest BCUT2D eigenvalue weighted by Crippen LogP contribution is 2.66. The summed E-state index contributed by atoms with van der Waals surface area (Å²) in [6.07, 6.45) is -9.63. The number of carbonyl (C=O) groups excluding carboxylic acids is 5. The van der Waals surface area contributed by atoms with Gasteiger partial charge in [-0.15, -0.1) is 0 Å². The summed E-state index contributed by atoms with van der Waals surface area (Å²) in [5.74, 6) is -7.34. The van der Waals surface area contributed by atoms with Crippen molar-refractivity contribution < 1.29 is 63.3 Å². The van der Waals surface area contributed by atoms with Crippen LogP contribution in [0.5, 0.6) is 0 Å². The predicted molar refractivity (Wildman–Crippen MR) is 199 cm³/mol. The van der Waals surface area contributed by atoms with Crippen molar-refractivity contribution in [3.63, 3.8) is 0 Å². The normalized spacial score (nSPS) is 34.9. The zero-order valence-electron chi connectivity index (χ0n) is 32.8. The monoisotopic (exact) mass is 776 g/mol. The van der Waals surface area contributed by atoms with Gasteiger partial charge in [0.15, 0.2) is 17.2 Å². The van der Waals surface area contributed by atoms with Gasteiger partial charge < -0.3 is 39.4 Å². The molecule has 6 rings (SSSR count). The third-order valence-corrected chi connectivity index (χ3v) is 13.3. The molecule has 1 heterocycles. The Kier molecular flexibility index (Phi) is 11.0. The Morgan fingerprint density at radius 1 is 0.946 bits per heavy atom. The zero-order chi connectivity index (χ0) is 41.1. The maximum absolute atomic E-state index is 15.0. The number of ether oxygens (including phenoxy) is 4. The van der Waals surface area contributed by atoms with Crippen LogP contribution in [0.2, 0.25) is 0 Å². The Morgan fingerprint density at radius 3 is 2.11 bits per heavy atom. The number of hydrogen-bond donors (Lipinski definition) is 4. The second-order valence-electron chi connectivity index (χ2n) is 16.7. The maximum atomic E-state index is 15.0. The van der Waals surface area contributed by atoms with Gasteiger partial charge in [-0.2, -0.15) is 0 Å². The van der Waals surface area contributed by atoms with E-state index >= 15 is 0 Å². The first-order valence-corrected chi connectivity index (χ1v) is 19.1. The highest BCUT2D eigenvalue weighted by molar-refractivity contribution is 5.97. The topological polar surface area (TPSA) is 203 Å². The summed E-state index contributed by atoms with van der Waals surface area (Å²) >= 11 is 0. The molecule has 3 fully saturated rings. The lowest BCUT2D eigenvalue weighted by atomic mass is 9.42. The molecule has 8 unspecified atom stereocenters. The molecule has 4 aliphatic rings. The molecule has 0 aromatic heterocycles. The molecule has 0 spiro atoms. The van der Waals surface area contributed by atoms with Gasteiger partial charge >= 0.3 is 17.9 Å². The van der Waals surface area contributed by atoms with Crippen LogP contribution in [0, 0.1) is 22.7 Å². The Hall–Kier alpha value is -4.27. The second-order valence-corrected chi connectivity index (χ2v) is 16.7. The molecule has 12 atom stereocenters. The minimum atomic E-state index is -2.11. The van der Waals surface area contributed by atoms with Crippen LogP contribution in [0.3, 0.4) is 0 Å². The van der Waals surface area contributed by atoms with E-state index in [1.54, 1.807) is 88.4 Å². The molecular formula is C43H52O13. The van der Waals surface area contributed by atoms with Gasteiger partial charge in [-0.3, -0.25) is 14.4 Å². The van der Waals surface area contributed by atoms with Crippen LogP contribution in [0.4, 0.5) is 0 Å². The average Bonchev–Trinajstić information content (AvgIpc) is 3.15. The molecule has 3 aliphatic carbocycles. The SMILES string of the molecule is CC(=O)O[C@@]12COC1CC(O)C1(C)C(=O)C(O)C3=C(C)[C@@H](OC(=O)[C@H](OC(=O)C(C)O)[C@@H](C)c4ccccc4)CC(O)(C(CC(=O)c4ccccc4)C12)C3(C)C. The Morgan fingerprint density at radius 2 is 1.55 bits per heavy atom. The lowest BCUT2D eigenvalue weighted by Crippen LogP contribution is -2.80. The van der Waals surface area contributed by atoms with Crippen LogP contribution in [0.1, 0.15) is 89.6 Å². The first-order valence-electron chi connectivity index (χ1n) is 19.1. The molecular weight excluding hydrogens is 724 g/mol. The molecule has 2 aromatic carbocycles. The van der Waals surface area contributed by atoms with Crippen molar-refractivity contribution in [1.82, 2.24) is 0 Å². The van der Waals surface area contributed by atoms with Crippen molar-refractivity contribution in [3.8, 4) is 0 Å². The van der Waals surface area contributed by atoms with Gasteiger partial charge in [-0.1, -0.05) is 81.4 Å². The summed E-state index contributed by atoms with van der Waals surface area (Å²) in [6, 6.07) is 17.1. The predicted octanol–water partition coefficient (Wildman–Crippen LogP) is 3.39. The summed E-state index contributed by atoms with van der Waals surface area (Å²) in [5, 5.41) is 47.7. The number of ketones is 2. The number of fused-ring (bicyclic) bond motifs is 5. The van der Waals surface area contributed by atoms with Crippen molar-refractivity contribution in [2.45, 2.75) is 121 Å². The standard InChI is InChI=1S/C43H52O13/c1-22(26-14-10-8-11-15-26)35(55-38(50)24(3)44)39(51)54-30-20-43(52)28(18-29(46)27-16-12-9-13-17-27)36-41(7,37(49)34(48)33(23(30)2)40(43,5)6)31(47)19-32-42(36,21-53-32)56-25(4)45/h8-17,22,24,28,30-32,34-36,44,47-48,52H,18-21H2,1-7H3/t22-,24?,28?,30-,31?,32?,34?,35+,36?,41?,42-,43?/m0/s1. The van der Waals surface area contributed by atoms with Crippen molar-refractivity contribution in [2.75, 3.05) is 6.61 Å². The molecule has 13 heteroatoms. The maximum Gasteiger partial charge on any atom is 0.348 e. The Bertz CT molecular complexity index is 1910. The summed E-state index contributed by atoms with van der Waals surface area (Å²) in [7, 11) is 0. The molecule has 1 saturated heterocycles. The highest BCUT2D eigenvalue weighted by atomic mass is 16.6. The van der Waals surface area contributed by atoms with Crippen LogP contribution >= 0.6 is 0 Å². The van der Waals surface area contributed by atoms with E-state index in [9.17, 15) is 44.4 Å². The smallest absolute Gasteiger partial charge is 0.348 e. The summed E-state index contributed by atoms with van der Waals surface area (Å²) in [5.41, 5.74) is -5.83. The van der Waals surface area contributed by atoms with Gasteiger partial charge in [0.2, 0.25) is 6.10 Å². The van der Waals surface area contributed by atoms with Crippen molar-refractivity contribution in [3.05, 3.63) is 82.9 Å². The van der Waals surface area contributed by atoms with Crippen molar-refractivity contribution in [1.29, 1.82) is 0 Å². The van der Waals surface area contributed by atoms with Gasteiger partial charge in [0, 0.05) is 54.9 Å². The number of hydrogen-bond acceptors (Lipinski definition) is 13. The van der Waals surface area contributed by atoms with Gasteiger partial charge in [0.05, 0.1) is 23.7 Å². The van der Waals surface area contributed by atoms with E-state index in [0.717, 1.165) is 0 Å². The van der Waals surface area contributed by atoms with E-state index in [2.05, 4.69) is 0 Å². The molecule has 56 heavy (non-hydrogen) atoms. The lowest BCUT2D eigenvalue weighted by Gasteiger charge is -2.68. The number of benzene rings is 2. The number of rotatable bonds is 10. The summed E-state index contributed by atoms with van der Waals surface area (Å²) in [4.78, 5) is 69.2. The minimum absolute atomic E-state index is 0.0419. The zero-order valence-corrected chi connectivity index (χ0v) is 32.8. The van der Waals surface area contributed by atoms with E-state index in [-0.39, 0.29) is 30.6 Å². The van der Waals surface area contributed by atoms with Crippen LogP contribution < -0.4 is 0 Å². The third-order valence-electron chi connectivity index (χ3n) is 13.3. The van der Waals surface area contributed by atoms with Crippen LogP contribution in [0.15, 0.2) is 71.8 Å². The molecule has 302 valence electrons. The van der Waals surface area contributed by atoms with E-state index in [1.807, 2.05) is 0 Å². The molecule has 0 amide bonds. The molecule has 2 bridgehead atoms. The molecule has 0 radical (unpaired) electrons. The number of aliphatic hydroxyl groups excluding tert-OH is 3. The largest absolute Gasteiger partial charge is 0.455 e. The molecule has 1 aliphatic heterocycles. The first-order chi connectivity index (χ1) is 26.2. The van der Waals surface area contributed by atoms with Gasteiger partial charge in [-0.25, -0.2) is 9.59 Å². The number of esters is 3. The fourth-order valence-corrected chi connectivity index (χ4v) is 10.1. The fraction of sp³-hybridized carbons (Fsp3) is 0.558. The van der Waals surface area contributed by atoms with Crippen molar-refractivity contribution in [2.24, 2.45) is 22.7 Å². The number of carbonyl (C=O) groups is 5. The molecule has 2 saturated carbocycles. The molecule has 4 N–H and O–H groups in total.